The molecule has 5 N–H and O–H groups in total. The van der Waals surface area contributed by atoms with E-state index in [1.165, 1.54) is 0 Å². The second-order valence-electron chi connectivity index (χ2n) is 2.10. The molecule has 0 aliphatic rings. The van der Waals surface area contributed by atoms with Crippen molar-refractivity contribution in [3.05, 3.63) is 0 Å². The maximum Gasteiger partial charge on any atom is 0.0598 e. The van der Waals surface area contributed by atoms with Crippen molar-refractivity contribution in [2.24, 2.45) is 11.5 Å². The van der Waals surface area contributed by atoms with E-state index >= 15 is 0 Å². The monoisotopic (exact) mass is 244 g/mol. The molecule has 0 spiro atoms. The van der Waals surface area contributed by atoms with Gasteiger partial charge in [-0.15, -0.1) is 0 Å². The van der Waals surface area contributed by atoms with Crippen molar-refractivity contribution in [1.29, 1.82) is 0 Å². The zero-order chi connectivity index (χ0) is 7.44. The van der Waals surface area contributed by atoms with Gasteiger partial charge >= 0.3 is 0 Å². The fraction of sp³-hybridized carbons (Fsp3) is 1.00. The first-order chi connectivity index (χ1) is 4.09. The van der Waals surface area contributed by atoms with Crippen LogP contribution in [0.15, 0.2) is 0 Å². The fourth-order valence-corrected chi connectivity index (χ4v) is 0.996. The predicted octanol–water partition coefficient (Wildman–Crippen LogP) is -0.543. The molecule has 9 heavy (non-hydrogen) atoms. The van der Waals surface area contributed by atoms with Crippen LogP contribution in [0.1, 0.15) is 6.92 Å². The van der Waals surface area contributed by atoms with Gasteiger partial charge in [0.05, 0.1) is 6.61 Å². The number of halogens is 1. The molecule has 0 aliphatic heterocycles. The van der Waals surface area contributed by atoms with Gasteiger partial charge < -0.3 is 16.6 Å². The lowest BCUT2D eigenvalue weighted by molar-refractivity contribution is 0.249. The lowest BCUT2D eigenvalue weighted by Crippen LogP contribution is -2.48. The highest BCUT2D eigenvalue weighted by atomic mass is 127. The molecular formula is C5H13IN2O. The number of hydrogen-bond donors (Lipinski definition) is 3. The minimum absolute atomic E-state index is 0.0332. The summed E-state index contributed by atoms with van der Waals surface area (Å²) in [4.78, 5) is 0. The molecule has 0 saturated carbocycles. The second kappa shape index (κ2) is 4.43. The van der Waals surface area contributed by atoms with Gasteiger partial charge in [0.1, 0.15) is 0 Å². The van der Waals surface area contributed by atoms with Gasteiger partial charge in [0, 0.05) is 16.0 Å². The highest BCUT2D eigenvalue weighted by Crippen LogP contribution is 2.04. The molecule has 56 valence electrons. The maximum absolute atomic E-state index is 8.55. The topological polar surface area (TPSA) is 72.3 Å². The third kappa shape index (κ3) is 3.34. The van der Waals surface area contributed by atoms with Crippen LogP contribution < -0.4 is 11.5 Å². The van der Waals surface area contributed by atoms with E-state index in [-0.39, 0.29) is 18.7 Å². The first-order valence-corrected chi connectivity index (χ1v) is 4.10. The van der Waals surface area contributed by atoms with E-state index in [9.17, 15) is 0 Å². The number of aliphatic hydroxyl groups excluding tert-OH is 1. The third-order valence-electron chi connectivity index (χ3n) is 1.24. The molecule has 0 heterocycles. The van der Waals surface area contributed by atoms with E-state index in [0.29, 0.717) is 3.92 Å². The van der Waals surface area contributed by atoms with Gasteiger partial charge in [-0.2, -0.15) is 0 Å². The van der Waals surface area contributed by atoms with E-state index in [1.54, 1.807) is 0 Å². The van der Waals surface area contributed by atoms with Crippen LogP contribution in [-0.2, 0) is 0 Å². The smallest absolute Gasteiger partial charge is 0.0598 e. The van der Waals surface area contributed by atoms with Gasteiger partial charge in [0.15, 0.2) is 0 Å². The number of alkyl halides is 1. The molecule has 3 atom stereocenters. The van der Waals surface area contributed by atoms with Crippen LogP contribution in [0.2, 0.25) is 0 Å². The normalized spacial score (nSPS) is 21.0. The molecule has 4 heteroatoms. The van der Waals surface area contributed by atoms with Crippen molar-refractivity contribution in [2.45, 2.75) is 22.9 Å². The summed E-state index contributed by atoms with van der Waals surface area (Å²) in [5.74, 6) is 0. The number of nitrogens with two attached hydrogens (primary N) is 2. The largest absolute Gasteiger partial charge is 0.395 e. The van der Waals surface area contributed by atoms with Crippen molar-refractivity contribution in [3.63, 3.8) is 0 Å². The van der Waals surface area contributed by atoms with E-state index in [0.717, 1.165) is 0 Å². The SMILES string of the molecule is CC(I)C(N)C(N)CO. The first kappa shape index (κ1) is 9.61. The Morgan fingerprint density at radius 2 is 2.00 bits per heavy atom. The fourth-order valence-electron chi connectivity index (χ4n) is 0.462. The molecular weight excluding hydrogens is 231 g/mol. The Hall–Kier alpha value is 0.610. The van der Waals surface area contributed by atoms with Gasteiger partial charge in [-0.3, -0.25) is 0 Å². The molecule has 0 fully saturated rings. The Morgan fingerprint density at radius 3 is 2.11 bits per heavy atom. The van der Waals surface area contributed by atoms with E-state index in [2.05, 4.69) is 22.6 Å². The molecule has 0 bridgehead atoms. The van der Waals surface area contributed by atoms with Gasteiger partial charge in [0.25, 0.3) is 0 Å². The summed E-state index contributed by atoms with van der Waals surface area (Å²) in [5.41, 5.74) is 11.0. The molecule has 0 amide bonds. The summed E-state index contributed by atoms with van der Waals surface area (Å²) < 4.78 is 0.310. The Morgan fingerprint density at radius 1 is 1.56 bits per heavy atom. The summed E-state index contributed by atoms with van der Waals surface area (Å²) >= 11 is 2.19. The van der Waals surface area contributed by atoms with Gasteiger partial charge in [-0.1, -0.05) is 29.5 Å². The van der Waals surface area contributed by atoms with E-state index in [4.69, 9.17) is 16.6 Å². The minimum atomic E-state index is -0.281. The first-order valence-electron chi connectivity index (χ1n) is 2.85. The van der Waals surface area contributed by atoms with Crippen LogP contribution in [0, 0.1) is 0 Å². The maximum atomic E-state index is 8.55. The van der Waals surface area contributed by atoms with Crippen molar-refractivity contribution < 1.29 is 5.11 Å². The Kier molecular flexibility index (Phi) is 4.73. The Balaban J connectivity index is 3.58. The third-order valence-corrected chi connectivity index (χ3v) is 2.07. The van der Waals surface area contributed by atoms with Crippen LogP contribution in [0.3, 0.4) is 0 Å². The van der Waals surface area contributed by atoms with Crippen molar-refractivity contribution in [1.82, 2.24) is 0 Å². The zero-order valence-corrected chi connectivity index (χ0v) is 7.58. The van der Waals surface area contributed by atoms with Crippen molar-refractivity contribution >= 4 is 22.6 Å². The molecule has 0 rings (SSSR count). The average molecular weight is 244 g/mol. The van der Waals surface area contributed by atoms with Crippen LogP contribution in [0.4, 0.5) is 0 Å². The molecule has 3 nitrogen and oxygen atoms in total. The van der Waals surface area contributed by atoms with Crippen LogP contribution in [0.25, 0.3) is 0 Å². The number of rotatable bonds is 3. The quantitative estimate of drug-likeness (QED) is 0.461. The van der Waals surface area contributed by atoms with Gasteiger partial charge in [0.2, 0.25) is 0 Å². The highest BCUT2D eigenvalue weighted by Gasteiger charge is 2.16. The molecule has 3 unspecified atom stereocenters. The predicted molar refractivity (Wildman–Crippen MR) is 46.5 cm³/mol. The van der Waals surface area contributed by atoms with E-state index in [1.807, 2.05) is 6.92 Å². The molecule has 0 saturated heterocycles. The van der Waals surface area contributed by atoms with Gasteiger partial charge in [-0.25, -0.2) is 0 Å². The van der Waals surface area contributed by atoms with Crippen LogP contribution in [0.5, 0.6) is 0 Å². The minimum Gasteiger partial charge on any atom is -0.395 e. The molecule has 0 aromatic rings. The second-order valence-corrected chi connectivity index (χ2v) is 4.07. The molecule has 0 aromatic carbocycles. The standard InChI is InChI=1S/C5H13IN2O/c1-3(6)5(8)4(7)2-9/h3-5,9H,2,7-8H2,1H3. The Labute approximate surface area is 68.9 Å². The molecule has 0 aliphatic carbocycles. The average Bonchev–Trinajstić information content (AvgIpc) is 1.84. The van der Waals surface area contributed by atoms with Crippen molar-refractivity contribution in [2.75, 3.05) is 6.61 Å². The summed E-state index contributed by atoms with van der Waals surface area (Å²) in [6.45, 7) is 1.94. The number of hydrogen-bond acceptors (Lipinski definition) is 3. The summed E-state index contributed by atoms with van der Waals surface area (Å²) in [7, 11) is 0. The lowest BCUT2D eigenvalue weighted by Gasteiger charge is -2.19. The van der Waals surface area contributed by atoms with Crippen LogP contribution in [-0.4, -0.2) is 27.7 Å². The van der Waals surface area contributed by atoms with Crippen molar-refractivity contribution in [3.8, 4) is 0 Å². The number of aliphatic hydroxyl groups is 1. The highest BCUT2D eigenvalue weighted by molar-refractivity contribution is 14.1. The lowest BCUT2D eigenvalue weighted by atomic mass is 10.1. The Bertz CT molecular complexity index is 79.4. The van der Waals surface area contributed by atoms with Crippen LogP contribution >= 0.6 is 22.6 Å². The summed E-state index contributed by atoms with van der Waals surface area (Å²) in [6, 6.07) is -0.382. The summed E-state index contributed by atoms with van der Waals surface area (Å²) in [6.07, 6.45) is 0. The summed E-state index contributed by atoms with van der Waals surface area (Å²) in [5, 5.41) is 8.55. The molecule has 0 radical (unpaired) electrons. The molecule has 0 aromatic heterocycles. The zero-order valence-electron chi connectivity index (χ0n) is 5.42. The van der Waals surface area contributed by atoms with Gasteiger partial charge in [-0.05, 0) is 0 Å². The van der Waals surface area contributed by atoms with E-state index < -0.39 is 0 Å².